The largest absolute Gasteiger partial charge is 0.413 e. The van der Waals surface area contributed by atoms with Crippen LogP contribution in [0.2, 0.25) is 0 Å². The topological polar surface area (TPSA) is 59.1 Å². The fraction of sp³-hybridized carbons (Fsp3) is 0.778. The number of rotatable bonds is 2. The van der Waals surface area contributed by atoms with Crippen molar-refractivity contribution in [2.75, 3.05) is 26.2 Å². The number of ether oxygens (including phenoxy) is 2. The maximum absolute atomic E-state index is 11.3. The number of halogens is 1. The molecule has 0 radical (unpaired) electrons. The van der Waals surface area contributed by atoms with Crippen molar-refractivity contribution in [3.63, 3.8) is 0 Å². The molecule has 0 aliphatic carbocycles. The van der Waals surface area contributed by atoms with E-state index >= 15 is 0 Å². The third-order valence-corrected chi connectivity index (χ3v) is 2.99. The summed E-state index contributed by atoms with van der Waals surface area (Å²) < 4.78 is 9.76. The molecule has 0 spiro atoms. The molecule has 2 heterocycles. The van der Waals surface area contributed by atoms with Crippen LogP contribution < -0.4 is 0 Å². The van der Waals surface area contributed by atoms with Gasteiger partial charge in [0.25, 0.3) is 0 Å². The van der Waals surface area contributed by atoms with E-state index in [2.05, 4.69) is 15.9 Å². The molecule has 2 aliphatic heterocycles. The normalized spacial score (nSPS) is 18.9. The zero-order valence-electron chi connectivity index (χ0n) is 8.73. The van der Waals surface area contributed by atoms with E-state index in [0.29, 0.717) is 26.2 Å². The summed E-state index contributed by atoms with van der Waals surface area (Å²) in [5, 5.41) is -1.01. The Bertz CT molecular complexity index is 263. The minimum Gasteiger partial charge on any atom is -0.398 e. The molecule has 0 aromatic carbocycles. The number of amides is 2. The van der Waals surface area contributed by atoms with Crippen LogP contribution in [-0.2, 0) is 9.47 Å². The third-order valence-electron chi connectivity index (χ3n) is 2.62. The molecule has 0 saturated carbocycles. The van der Waals surface area contributed by atoms with Crippen LogP contribution >= 0.6 is 15.9 Å². The average molecular weight is 293 g/mol. The van der Waals surface area contributed by atoms with Crippen LogP contribution in [0.25, 0.3) is 0 Å². The van der Waals surface area contributed by atoms with E-state index in [-0.39, 0.29) is 0 Å². The van der Waals surface area contributed by atoms with E-state index in [1.54, 1.807) is 9.80 Å². The SMILES string of the molecule is O=C(OC(Br)OC(=O)N1CCC1)N1CCC1. The van der Waals surface area contributed by atoms with Gasteiger partial charge in [-0.25, -0.2) is 9.59 Å². The van der Waals surface area contributed by atoms with Crippen molar-refractivity contribution in [3.8, 4) is 0 Å². The second-order valence-electron chi connectivity index (χ2n) is 3.72. The molecule has 2 amide bonds. The summed E-state index contributed by atoms with van der Waals surface area (Å²) in [4.78, 5) is 25.8. The Hall–Kier alpha value is -0.980. The molecule has 0 N–H and O–H groups in total. The fourth-order valence-corrected chi connectivity index (χ4v) is 1.65. The fourth-order valence-electron chi connectivity index (χ4n) is 1.33. The first kappa shape index (κ1) is 11.5. The van der Waals surface area contributed by atoms with E-state index in [0.717, 1.165) is 12.8 Å². The average Bonchev–Trinajstić information content (AvgIpc) is 1.94. The lowest BCUT2D eigenvalue weighted by Gasteiger charge is -2.32. The monoisotopic (exact) mass is 292 g/mol. The standard InChI is InChI=1S/C9H13BrN2O4/c10-7(15-8(13)11-3-1-4-11)16-9(14)12-5-2-6-12/h7H,1-6H2. The molecule has 2 rings (SSSR count). The number of alkyl halides is 1. The van der Waals surface area contributed by atoms with E-state index < -0.39 is 17.4 Å². The van der Waals surface area contributed by atoms with Gasteiger partial charge in [-0.15, -0.1) is 0 Å². The first-order valence-electron chi connectivity index (χ1n) is 5.22. The van der Waals surface area contributed by atoms with Gasteiger partial charge in [0.15, 0.2) is 0 Å². The van der Waals surface area contributed by atoms with Gasteiger partial charge in [-0.3, -0.25) is 0 Å². The van der Waals surface area contributed by atoms with Gasteiger partial charge in [0.2, 0.25) is 0 Å². The highest BCUT2D eigenvalue weighted by molar-refractivity contribution is 9.09. The Labute approximate surface area is 102 Å². The van der Waals surface area contributed by atoms with Crippen LogP contribution in [0.15, 0.2) is 0 Å². The van der Waals surface area contributed by atoms with Crippen molar-refractivity contribution in [3.05, 3.63) is 0 Å². The Balaban J connectivity index is 1.68. The summed E-state index contributed by atoms with van der Waals surface area (Å²) in [6.07, 6.45) is 1.08. The Morgan fingerprint density at radius 3 is 1.56 bits per heavy atom. The van der Waals surface area contributed by atoms with Crippen molar-refractivity contribution in [2.24, 2.45) is 0 Å². The van der Waals surface area contributed by atoms with Crippen LogP contribution in [0.3, 0.4) is 0 Å². The van der Waals surface area contributed by atoms with Crippen LogP contribution in [0.4, 0.5) is 9.59 Å². The molecule has 7 heteroatoms. The maximum atomic E-state index is 11.3. The van der Waals surface area contributed by atoms with E-state index in [1.807, 2.05) is 0 Å². The van der Waals surface area contributed by atoms with Gasteiger partial charge < -0.3 is 19.3 Å². The van der Waals surface area contributed by atoms with Crippen LogP contribution in [0.5, 0.6) is 0 Å². The highest BCUT2D eigenvalue weighted by atomic mass is 79.9. The smallest absolute Gasteiger partial charge is 0.398 e. The first-order chi connectivity index (χ1) is 7.66. The van der Waals surface area contributed by atoms with Crippen molar-refractivity contribution in [1.82, 2.24) is 9.80 Å². The number of likely N-dealkylation sites (tertiary alicyclic amines) is 2. The number of carbonyl (C=O) groups is 2. The second-order valence-corrected chi connectivity index (χ2v) is 4.47. The number of hydrogen-bond donors (Lipinski definition) is 0. The molecule has 16 heavy (non-hydrogen) atoms. The lowest BCUT2D eigenvalue weighted by Crippen LogP contribution is -2.45. The Morgan fingerprint density at radius 1 is 0.938 bits per heavy atom. The zero-order valence-corrected chi connectivity index (χ0v) is 10.3. The molecule has 2 fully saturated rings. The summed E-state index contributed by atoms with van der Waals surface area (Å²) in [7, 11) is 0. The zero-order chi connectivity index (χ0) is 11.5. The van der Waals surface area contributed by atoms with Gasteiger partial charge in [0.1, 0.15) is 0 Å². The van der Waals surface area contributed by atoms with Crippen LogP contribution in [0.1, 0.15) is 12.8 Å². The quantitative estimate of drug-likeness (QED) is 0.569. The summed E-state index contributed by atoms with van der Waals surface area (Å²) in [5.74, 6) is 0. The molecule has 90 valence electrons. The van der Waals surface area contributed by atoms with Gasteiger partial charge in [-0.05, 0) is 12.8 Å². The molecular formula is C9H13BrN2O4. The molecule has 2 aliphatic rings. The minimum absolute atomic E-state index is 0.454. The molecule has 0 bridgehead atoms. The predicted octanol–water partition coefficient (Wildman–Crippen LogP) is 1.35. The molecule has 0 aromatic rings. The highest BCUT2D eigenvalue weighted by Gasteiger charge is 2.28. The van der Waals surface area contributed by atoms with Gasteiger partial charge in [0, 0.05) is 42.1 Å². The summed E-state index contributed by atoms with van der Waals surface area (Å²) in [6.45, 7) is 2.83. The van der Waals surface area contributed by atoms with Gasteiger partial charge in [-0.2, -0.15) is 0 Å². The van der Waals surface area contributed by atoms with Gasteiger partial charge in [0.05, 0.1) is 0 Å². The summed E-state index contributed by atoms with van der Waals surface area (Å²) in [6, 6.07) is 0. The van der Waals surface area contributed by atoms with Gasteiger partial charge >= 0.3 is 17.4 Å². The minimum atomic E-state index is -1.01. The molecular weight excluding hydrogens is 280 g/mol. The van der Waals surface area contributed by atoms with Crippen molar-refractivity contribution in [2.45, 2.75) is 18.0 Å². The van der Waals surface area contributed by atoms with Crippen LogP contribution in [-0.4, -0.2) is 53.4 Å². The lowest BCUT2D eigenvalue weighted by molar-refractivity contribution is -0.0338. The molecule has 0 atom stereocenters. The summed E-state index contributed by atoms with van der Waals surface area (Å²) >= 11 is 2.98. The Morgan fingerprint density at radius 2 is 1.31 bits per heavy atom. The highest BCUT2D eigenvalue weighted by Crippen LogP contribution is 2.15. The Kier molecular flexibility index (Phi) is 3.52. The molecule has 0 aromatic heterocycles. The van der Waals surface area contributed by atoms with Crippen molar-refractivity contribution < 1.29 is 19.1 Å². The predicted molar refractivity (Wildman–Crippen MR) is 58.1 cm³/mol. The first-order valence-corrected chi connectivity index (χ1v) is 6.13. The molecule has 0 unspecified atom stereocenters. The van der Waals surface area contributed by atoms with Crippen molar-refractivity contribution in [1.29, 1.82) is 0 Å². The van der Waals surface area contributed by atoms with E-state index in [4.69, 9.17) is 9.47 Å². The van der Waals surface area contributed by atoms with E-state index in [9.17, 15) is 9.59 Å². The number of hydrogen-bond acceptors (Lipinski definition) is 4. The lowest BCUT2D eigenvalue weighted by atomic mass is 10.2. The van der Waals surface area contributed by atoms with E-state index in [1.165, 1.54) is 0 Å². The molecule has 6 nitrogen and oxygen atoms in total. The number of nitrogens with zero attached hydrogens (tertiary/aromatic N) is 2. The molecule has 2 saturated heterocycles. The second kappa shape index (κ2) is 4.90. The maximum Gasteiger partial charge on any atom is 0.413 e. The number of carbonyl (C=O) groups excluding carboxylic acids is 2. The van der Waals surface area contributed by atoms with Crippen LogP contribution in [0, 0.1) is 0 Å². The summed E-state index contributed by atoms with van der Waals surface area (Å²) in [5.41, 5.74) is 0. The third kappa shape index (κ3) is 2.58. The van der Waals surface area contributed by atoms with Gasteiger partial charge in [-0.1, -0.05) is 0 Å². The van der Waals surface area contributed by atoms with Crippen molar-refractivity contribution >= 4 is 28.1 Å².